The molecule has 1 aromatic heterocycles. The number of carbonyl (C=O) groups is 1. The molecule has 6 nitrogen and oxygen atoms in total. The Hall–Kier alpha value is -1.77. The van der Waals surface area contributed by atoms with Gasteiger partial charge in [0.05, 0.1) is 23.4 Å². The number of hydrogen-bond donors (Lipinski definition) is 2. The molecule has 0 saturated heterocycles. The third kappa shape index (κ3) is 5.70. The van der Waals surface area contributed by atoms with Crippen LogP contribution in [0.3, 0.4) is 0 Å². The Morgan fingerprint density at radius 2 is 2.04 bits per heavy atom. The van der Waals surface area contributed by atoms with E-state index < -0.39 is 10.0 Å². The maximum absolute atomic E-state index is 12.0. The van der Waals surface area contributed by atoms with Gasteiger partial charge in [-0.1, -0.05) is 11.6 Å². The Bertz CT molecular complexity index is 834. The Balaban J connectivity index is 2.00. The summed E-state index contributed by atoms with van der Waals surface area (Å²) in [7, 11) is -1.98. The number of hydrogen-bond acceptors (Lipinski definition) is 5. The van der Waals surface area contributed by atoms with Crippen molar-refractivity contribution in [3.63, 3.8) is 0 Å². The highest BCUT2D eigenvalue weighted by Crippen LogP contribution is 2.29. The van der Waals surface area contributed by atoms with Gasteiger partial charge in [-0.2, -0.15) is 0 Å². The highest BCUT2D eigenvalue weighted by Gasteiger charge is 2.11. The van der Waals surface area contributed by atoms with Gasteiger partial charge in [0.15, 0.2) is 0 Å². The second-order valence-corrected chi connectivity index (χ2v) is 8.59. The lowest BCUT2D eigenvalue weighted by molar-refractivity contribution is -0.116. The zero-order chi connectivity index (χ0) is 17.7. The minimum atomic E-state index is -3.41. The topological polar surface area (TPSA) is 84.5 Å². The number of anilines is 2. The number of thiophene rings is 1. The Morgan fingerprint density at radius 3 is 2.62 bits per heavy atom. The van der Waals surface area contributed by atoms with Crippen LogP contribution in [0.5, 0.6) is 5.75 Å². The first-order valence-corrected chi connectivity index (χ1v) is 10.1. The first-order chi connectivity index (χ1) is 11.3. The molecule has 1 aromatic carbocycles. The van der Waals surface area contributed by atoms with Crippen molar-refractivity contribution in [1.82, 2.24) is 0 Å². The Labute approximate surface area is 149 Å². The van der Waals surface area contributed by atoms with E-state index in [-0.39, 0.29) is 5.91 Å². The number of sulfonamides is 1. The molecular weight excluding hydrogens is 372 g/mol. The van der Waals surface area contributed by atoms with E-state index >= 15 is 0 Å². The van der Waals surface area contributed by atoms with Crippen LogP contribution in [-0.2, 0) is 21.2 Å². The van der Waals surface area contributed by atoms with E-state index in [9.17, 15) is 13.2 Å². The SMILES string of the molecule is COc1cc(NC(=O)CCc2ccc(Cl)s2)ccc1NS(C)(=O)=O. The van der Waals surface area contributed by atoms with Crippen molar-refractivity contribution in [3.8, 4) is 5.75 Å². The summed E-state index contributed by atoms with van der Waals surface area (Å²) >= 11 is 7.30. The number of benzene rings is 1. The number of methoxy groups -OCH3 is 1. The van der Waals surface area contributed by atoms with Crippen LogP contribution in [0.25, 0.3) is 0 Å². The van der Waals surface area contributed by atoms with E-state index in [4.69, 9.17) is 16.3 Å². The van der Waals surface area contributed by atoms with Crippen LogP contribution in [0.2, 0.25) is 4.34 Å². The lowest BCUT2D eigenvalue weighted by atomic mass is 10.2. The number of nitrogens with one attached hydrogen (secondary N) is 2. The highest BCUT2D eigenvalue weighted by molar-refractivity contribution is 7.92. The van der Waals surface area contributed by atoms with Crippen molar-refractivity contribution in [1.29, 1.82) is 0 Å². The molecule has 130 valence electrons. The molecule has 2 N–H and O–H groups in total. The third-order valence-corrected chi connectivity index (χ3v) is 4.89. The lowest BCUT2D eigenvalue weighted by Gasteiger charge is -2.12. The number of amides is 1. The van der Waals surface area contributed by atoms with Gasteiger partial charge in [0.25, 0.3) is 0 Å². The van der Waals surface area contributed by atoms with Crippen molar-refractivity contribution in [2.45, 2.75) is 12.8 Å². The van der Waals surface area contributed by atoms with Crippen LogP contribution in [0.1, 0.15) is 11.3 Å². The van der Waals surface area contributed by atoms with E-state index in [1.165, 1.54) is 24.5 Å². The molecule has 0 unspecified atom stereocenters. The molecule has 2 aromatic rings. The molecule has 9 heteroatoms. The predicted octanol–water partition coefficient (Wildman–Crippen LogP) is 3.35. The molecule has 24 heavy (non-hydrogen) atoms. The van der Waals surface area contributed by atoms with Gasteiger partial charge in [0, 0.05) is 23.1 Å². The molecular formula is C15H17ClN2O4S2. The first-order valence-electron chi connectivity index (χ1n) is 6.97. The van der Waals surface area contributed by atoms with Gasteiger partial charge in [-0.15, -0.1) is 11.3 Å². The summed E-state index contributed by atoms with van der Waals surface area (Å²) in [4.78, 5) is 13.1. The molecule has 1 heterocycles. The number of ether oxygens (including phenoxy) is 1. The third-order valence-electron chi connectivity index (χ3n) is 3.01. The summed E-state index contributed by atoms with van der Waals surface area (Å²) in [5.41, 5.74) is 0.839. The van der Waals surface area contributed by atoms with E-state index in [1.54, 1.807) is 18.2 Å². The van der Waals surface area contributed by atoms with Crippen molar-refractivity contribution in [3.05, 3.63) is 39.5 Å². The van der Waals surface area contributed by atoms with Gasteiger partial charge in [0.2, 0.25) is 15.9 Å². The van der Waals surface area contributed by atoms with E-state index in [0.29, 0.717) is 34.3 Å². The Kier molecular flexibility index (Phi) is 6.09. The van der Waals surface area contributed by atoms with E-state index in [0.717, 1.165) is 11.1 Å². The minimum absolute atomic E-state index is 0.148. The van der Waals surface area contributed by atoms with Crippen molar-refractivity contribution in [2.75, 3.05) is 23.4 Å². The van der Waals surface area contributed by atoms with Crippen LogP contribution >= 0.6 is 22.9 Å². The molecule has 0 aliphatic rings. The van der Waals surface area contributed by atoms with Crippen molar-refractivity contribution < 1.29 is 17.9 Å². The van der Waals surface area contributed by atoms with Crippen LogP contribution in [0.4, 0.5) is 11.4 Å². The fraction of sp³-hybridized carbons (Fsp3) is 0.267. The molecule has 0 saturated carbocycles. The van der Waals surface area contributed by atoms with Crippen LogP contribution in [-0.4, -0.2) is 27.7 Å². The summed E-state index contributed by atoms with van der Waals surface area (Å²) in [5, 5.41) is 2.76. The monoisotopic (exact) mass is 388 g/mol. The van der Waals surface area contributed by atoms with Gasteiger partial charge in [0.1, 0.15) is 5.75 Å². The Morgan fingerprint density at radius 1 is 1.29 bits per heavy atom. The molecule has 0 aliphatic heterocycles. The van der Waals surface area contributed by atoms with Crippen molar-refractivity contribution in [2.24, 2.45) is 0 Å². The summed E-state index contributed by atoms with van der Waals surface area (Å²) < 4.78 is 30.8. The maximum Gasteiger partial charge on any atom is 0.229 e. The smallest absolute Gasteiger partial charge is 0.229 e. The zero-order valence-electron chi connectivity index (χ0n) is 13.1. The molecule has 0 radical (unpaired) electrons. The maximum atomic E-state index is 12.0. The number of aryl methyl sites for hydroxylation is 1. The summed E-state index contributed by atoms with van der Waals surface area (Å²) in [6.07, 6.45) is 1.98. The fourth-order valence-corrected chi connectivity index (χ4v) is 3.65. The normalized spacial score (nSPS) is 11.1. The van der Waals surface area contributed by atoms with Crippen LogP contribution < -0.4 is 14.8 Å². The number of halogens is 1. The van der Waals surface area contributed by atoms with Gasteiger partial charge in [-0.3, -0.25) is 9.52 Å². The van der Waals surface area contributed by atoms with E-state index in [1.807, 2.05) is 6.07 Å². The first kappa shape index (κ1) is 18.6. The summed E-state index contributed by atoms with van der Waals surface area (Å²) in [6, 6.07) is 8.41. The zero-order valence-corrected chi connectivity index (χ0v) is 15.5. The standard InChI is InChI=1S/C15H17ClN2O4S2/c1-22-13-9-10(3-6-12(13)18-24(2,20)21)17-15(19)8-5-11-4-7-14(16)23-11/h3-4,6-7,9,18H,5,8H2,1-2H3,(H,17,19). The van der Waals surface area contributed by atoms with Gasteiger partial charge in [-0.05, 0) is 30.7 Å². The number of carbonyl (C=O) groups excluding carboxylic acids is 1. The molecule has 0 spiro atoms. The minimum Gasteiger partial charge on any atom is -0.494 e. The number of rotatable bonds is 7. The molecule has 0 bridgehead atoms. The van der Waals surface area contributed by atoms with Crippen LogP contribution in [0, 0.1) is 0 Å². The average Bonchev–Trinajstić information content (AvgIpc) is 2.91. The summed E-state index contributed by atoms with van der Waals surface area (Å²) in [5.74, 6) is 0.175. The quantitative estimate of drug-likeness (QED) is 0.761. The second-order valence-electron chi connectivity index (χ2n) is 5.04. The summed E-state index contributed by atoms with van der Waals surface area (Å²) in [6.45, 7) is 0. The molecule has 0 aliphatic carbocycles. The fourth-order valence-electron chi connectivity index (χ4n) is 2.00. The highest BCUT2D eigenvalue weighted by atomic mass is 35.5. The second kappa shape index (κ2) is 7.87. The molecule has 2 rings (SSSR count). The largest absolute Gasteiger partial charge is 0.494 e. The average molecular weight is 389 g/mol. The molecule has 0 atom stereocenters. The van der Waals surface area contributed by atoms with Gasteiger partial charge < -0.3 is 10.1 Å². The molecule has 1 amide bonds. The van der Waals surface area contributed by atoms with Crippen LogP contribution in [0.15, 0.2) is 30.3 Å². The van der Waals surface area contributed by atoms with Crippen molar-refractivity contribution >= 4 is 50.2 Å². The van der Waals surface area contributed by atoms with Gasteiger partial charge >= 0.3 is 0 Å². The van der Waals surface area contributed by atoms with E-state index in [2.05, 4.69) is 10.0 Å². The molecule has 0 fully saturated rings. The lowest BCUT2D eigenvalue weighted by Crippen LogP contribution is -2.13. The van der Waals surface area contributed by atoms with Gasteiger partial charge in [-0.25, -0.2) is 8.42 Å². The predicted molar refractivity (Wildman–Crippen MR) is 97.7 cm³/mol.